The quantitative estimate of drug-likeness (QED) is 0.777. The maximum absolute atomic E-state index is 12.2. The Morgan fingerprint density at radius 2 is 1.95 bits per heavy atom. The van der Waals surface area contributed by atoms with E-state index < -0.39 is 0 Å². The Labute approximate surface area is 127 Å². The summed E-state index contributed by atoms with van der Waals surface area (Å²) < 4.78 is 1.11. The summed E-state index contributed by atoms with van der Waals surface area (Å²) >= 11 is 1.51. The minimum atomic E-state index is -0.118. The van der Waals surface area contributed by atoms with Crippen LogP contribution in [-0.2, 0) is 6.42 Å². The average molecular weight is 296 g/mol. The summed E-state index contributed by atoms with van der Waals surface area (Å²) in [5.74, 6) is -0.118. The van der Waals surface area contributed by atoms with Gasteiger partial charge in [0.05, 0.1) is 10.2 Å². The lowest BCUT2D eigenvalue weighted by Crippen LogP contribution is -2.11. The maximum Gasteiger partial charge on any atom is 0.257 e. The number of hydrogen-bond acceptors (Lipinski definition) is 3. The standard InChI is InChI=1S/C17H16N2OS/c1-3-12-5-4-6-14-15(12)18-17(21-14)19-16(20)13-9-7-11(2)8-10-13/h4-10H,3H2,1-2H3,(H,18,19,20). The van der Waals surface area contributed by atoms with Gasteiger partial charge in [0.1, 0.15) is 0 Å². The summed E-state index contributed by atoms with van der Waals surface area (Å²) in [6.07, 6.45) is 0.937. The number of anilines is 1. The highest BCUT2D eigenvalue weighted by Crippen LogP contribution is 2.28. The normalized spacial score (nSPS) is 10.8. The van der Waals surface area contributed by atoms with Gasteiger partial charge in [0.15, 0.2) is 5.13 Å². The van der Waals surface area contributed by atoms with Crippen LogP contribution in [0.1, 0.15) is 28.4 Å². The highest BCUT2D eigenvalue weighted by molar-refractivity contribution is 7.22. The zero-order valence-electron chi connectivity index (χ0n) is 12.0. The summed E-state index contributed by atoms with van der Waals surface area (Å²) in [6.45, 7) is 4.11. The third kappa shape index (κ3) is 2.81. The van der Waals surface area contributed by atoms with Crippen molar-refractivity contribution in [3.05, 3.63) is 59.2 Å². The van der Waals surface area contributed by atoms with Gasteiger partial charge in [0.2, 0.25) is 0 Å². The molecule has 0 saturated heterocycles. The molecule has 21 heavy (non-hydrogen) atoms. The fourth-order valence-corrected chi connectivity index (χ4v) is 3.13. The van der Waals surface area contributed by atoms with Crippen molar-refractivity contribution >= 4 is 32.6 Å². The van der Waals surface area contributed by atoms with E-state index in [9.17, 15) is 4.79 Å². The van der Waals surface area contributed by atoms with Gasteiger partial charge < -0.3 is 0 Å². The van der Waals surface area contributed by atoms with Gasteiger partial charge in [-0.1, -0.05) is 48.1 Å². The van der Waals surface area contributed by atoms with Crippen molar-refractivity contribution in [3.8, 4) is 0 Å². The largest absolute Gasteiger partial charge is 0.298 e. The summed E-state index contributed by atoms with van der Waals surface area (Å²) in [4.78, 5) is 16.8. The van der Waals surface area contributed by atoms with Crippen molar-refractivity contribution < 1.29 is 4.79 Å². The highest BCUT2D eigenvalue weighted by atomic mass is 32.1. The number of aromatic nitrogens is 1. The van der Waals surface area contributed by atoms with Crippen LogP contribution in [0.15, 0.2) is 42.5 Å². The van der Waals surface area contributed by atoms with E-state index in [0.29, 0.717) is 10.7 Å². The van der Waals surface area contributed by atoms with Crippen LogP contribution in [0.4, 0.5) is 5.13 Å². The van der Waals surface area contributed by atoms with E-state index in [0.717, 1.165) is 22.2 Å². The molecule has 0 spiro atoms. The second-order valence-electron chi connectivity index (χ2n) is 4.96. The number of hydrogen-bond donors (Lipinski definition) is 1. The molecule has 106 valence electrons. The highest BCUT2D eigenvalue weighted by Gasteiger charge is 2.11. The molecular weight excluding hydrogens is 280 g/mol. The number of benzene rings is 2. The maximum atomic E-state index is 12.2. The molecular formula is C17H16N2OS. The molecule has 0 saturated carbocycles. The number of fused-ring (bicyclic) bond motifs is 1. The summed E-state index contributed by atoms with van der Waals surface area (Å²) in [5, 5.41) is 3.54. The Balaban J connectivity index is 1.88. The SMILES string of the molecule is CCc1cccc2sc(NC(=O)c3ccc(C)cc3)nc12. The first-order valence-electron chi connectivity index (χ1n) is 6.94. The van der Waals surface area contributed by atoms with Crippen LogP contribution in [0.2, 0.25) is 0 Å². The van der Waals surface area contributed by atoms with E-state index in [1.165, 1.54) is 16.9 Å². The summed E-state index contributed by atoms with van der Waals surface area (Å²) in [7, 11) is 0. The average Bonchev–Trinajstić information content (AvgIpc) is 2.90. The summed E-state index contributed by atoms with van der Waals surface area (Å²) in [6, 6.07) is 13.7. The number of aryl methyl sites for hydroxylation is 2. The first-order chi connectivity index (χ1) is 10.2. The molecule has 1 amide bonds. The van der Waals surface area contributed by atoms with Crippen LogP contribution < -0.4 is 5.32 Å². The Morgan fingerprint density at radius 1 is 1.19 bits per heavy atom. The van der Waals surface area contributed by atoms with Gasteiger partial charge in [-0.25, -0.2) is 4.98 Å². The molecule has 3 aromatic rings. The lowest BCUT2D eigenvalue weighted by Gasteiger charge is -2.01. The Hall–Kier alpha value is -2.20. The van der Waals surface area contributed by atoms with E-state index in [2.05, 4.69) is 23.3 Å². The van der Waals surface area contributed by atoms with Crippen molar-refractivity contribution in [1.29, 1.82) is 0 Å². The van der Waals surface area contributed by atoms with E-state index >= 15 is 0 Å². The van der Waals surface area contributed by atoms with Crippen LogP contribution in [0.3, 0.4) is 0 Å². The fraction of sp³-hybridized carbons (Fsp3) is 0.176. The minimum Gasteiger partial charge on any atom is -0.298 e. The van der Waals surface area contributed by atoms with Crippen LogP contribution in [-0.4, -0.2) is 10.9 Å². The number of nitrogens with one attached hydrogen (secondary N) is 1. The molecule has 0 aliphatic heterocycles. The monoisotopic (exact) mass is 296 g/mol. The van der Waals surface area contributed by atoms with Gasteiger partial charge in [-0.3, -0.25) is 10.1 Å². The predicted molar refractivity (Wildman–Crippen MR) is 88.1 cm³/mol. The third-order valence-corrected chi connectivity index (χ3v) is 4.35. The third-order valence-electron chi connectivity index (χ3n) is 3.42. The molecule has 2 aromatic carbocycles. The van der Waals surface area contributed by atoms with Gasteiger partial charge in [-0.15, -0.1) is 0 Å². The number of carbonyl (C=O) groups is 1. The van der Waals surface area contributed by atoms with Crippen LogP contribution in [0.5, 0.6) is 0 Å². The second kappa shape index (κ2) is 5.66. The van der Waals surface area contributed by atoms with Crippen molar-refractivity contribution in [3.63, 3.8) is 0 Å². The van der Waals surface area contributed by atoms with Crippen molar-refractivity contribution in [1.82, 2.24) is 4.98 Å². The molecule has 1 N–H and O–H groups in total. The summed E-state index contributed by atoms with van der Waals surface area (Å²) in [5.41, 5.74) is 3.98. The predicted octanol–water partition coefficient (Wildman–Crippen LogP) is 4.42. The number of rotatable bonds is 3. The lowest BCUT2D eigenvalue weighted by atomic mass is 10.1. The minimum absolute atomic E-state index is 0.118. The molecule has 0 unspecified atom stereocenters. The van der Waals surface area contributed by atoms with E-state index in [4.69, 9.17) is 0 Å². The molecule has 3 rings (SSSR count). The van der Waals surface area contributed by atoms with E-state index in [1.54, 1.807) is 0 Å². The fourth-order valence-electron chi connectivity index (χ4n) is 2.22. The van der Waals surface area contributed by atoms with Crippen molar-refractivity contribution in [2.75, 3.05) is 5.32 Å². The first kappa shape index (κ1) is 13.8. The van der Waals surface area contributed by atoms with Gasteiger partial charge >= 0.3 is 0 Å². The molecule has 0 bridgehead atoms. The van der Waals surface area contributed by atoms with Crippen molar-refractivity contribution in [2.24, 2.45) is 0 Å². The number of thiazole rings is 1. The topological polar surface area (TPSA) is 42.0 Å². The van der Waals surface area contributed by atoms with E-state index in [-0.39, 0.29) is 5.91 Å². The number of amides is 1. The zero-order valence-corrected chi connectivity index (χ0v) is 12.8. The first-order valence-corrected chi connectivity index (χ1v) is 7.75. The second-order valence-corrected chi connectivity index (χ2v) is 5.99. The van der Waals surface area contributed by atoms with Gasteiger partial charge in [0, 0.05) is 5.56 Å². The Bertz CT molecular complexity index is 790. The lowest BCUT2D eigenvalue weighted by molar-refractivity contribution is 0.102. The van der Waals surface area contributed by atoms with Gasteiger partial charge in [-0.2, -0.15) is 0 Å². The van der Waals surface area contributed by atoms with E-state index in [1.807, 2.05) is 43.3 Å². The number of carbonyl (C=O) groups excluding carboxylic acids is 1. The molecule has 0 radical (unpaired) electrons. The molecule has 4 heteroatoms. The molecule has 0 aliphatic rings. The molecule has 0 aliphatic carbocycles. The molecule has 1 heterocycles. The number of nitrogens with zero attached hydrogens (tertiary/aromatic N) is 1. The van der Waals surface area contributed by atoms with Crippen molar-refractivity contribution in [2.45, 2.75) is 20.3 Å². The van der Waals surface area contributed by atoms with Gasteiger partial charge in [-0.05, 0) is 37.1 Å². The number of para-hydroxylation sites is 1. The zero-order chi connectivity index (χ0) is 14.8. The Morgan fingerprint density at radius 3 is 2.67 bits per heavy atom. The van der Waals surface area contributed by atoms with Crippen LogP contribution in [0.25, 0.3) is 10.2 Å². The molecule has 0 fully saturated rings. The Kier molecular flexibility index (Phi) is 3.71. The molecule has 0 atom stereocenters. The van der Waals surface area contributed by atoms with Gasteiger partial charge in [0.25, 0.3) is 5.91 Å². The molecule has 1 aromatic heterocycles. The molecule has 3 nitrogen and oxygen atoms in total. The smallest absolute Gasteiger partial charge is 0.257 e. The van der Waals surface area contributed by atoms with Crippen LogP contribution >= 0.6 is 11.3 Å². The van der Waals surface area contributed by atoms with Crippen LogP contribution in [0, 0.1) is 6.92 Å².